The second-order valence-corrected chi connectivity index (χ2v) is 11.9. The smallest absolute Gasteiger partial charge is 0.208 e. The first kappa shape index (κ1) is 32.4. The van der Waals surface area contributed by atoms with Crippen LogP contribution < -0.4 is 10.9 Å². The van der Waals surface area contributed by atoms with Gasteiger partial charge >= 0.3 is 0 Å². The van der Waals surface area contributed by atoms with E-state index in [0.29, 0.717) is 0 Å². The van der Waals surface area contributed by atoms with E-state index in [1.54, 1.807) is 0 Å². The highest BCUT2D eigenvalue weighted by atomic mass is 16.7. The molecule has 17 heteroatoms. The Kier molecular flexibility index (Phi) is 7.60. The van der Waals surface area contributed by atoms with Crippen molar-refractivity contribution in [2.24, 2.45) is 0 Å². The standard InChI is InChI=1S/C32H28O17/c33-7-17-24(40)28(44)29(45)32(49-17)48-14-2-1-10(35)30-21(14)27(43)20-16(47-30)6-12(37)18(25(20)41)9-5-13(38)31-22(23(9)39)26(42)19-11(36)3-8(34)4-15(19)46-31/h3-6,10,14,17,24,28-29,32-41,44-45H,1-2,7H2/t10-,14-,17+,24+,28-,29+,32+/m0/s1. The molecule has 0 amide bonds. The monoisotopic (exact) mass is 684 g/mol. The normalized spacial score (nSPS) is 25.6. The third-order valence-electron chi connectivity index (χ3n) is 8.91. The van der Waals surface area contributed by atoms with Crippen molar-refractivity contribution in [3.05, 3.63) is 56.0 Å². The van der Waals surface area contributed by atoms with Gasteiger partial charge in [-0.3, -0.25) is 9.59 Å². The van der Waals surface area contributed by atoms with Gasteiger partial charge in [0.15, 0.2) is 17.6 Å². The van der Waals surface area contributed by atoms with Gasteiger partial charge in [-0.15, -0.1) is 0 Å². The molecule has 0 bridgehead atoms. The second-order valence-electron chi connectivity index (χ2n) is 11.9. The minimum Gasteiger partial charge on any atom is -0.508 e. The molecule has 0 radical (unpaired) electrons. The molecule has 17 nitrogen and oxygen atoms in total. The van der Waals surface area contributed by atoms with E-state index in [2.05, 4.69) is 0 Å². The number of hydrogen-bond donors (Lipinski definition) is 11. The number of ether oxygens (including phenoxy) is 2. The molecule has 7 rings (SSSR count). The van der Waals surface area contributed by atoms with E-state index in [-0.39, 0.29) is 29.7 Å². The van der Waals surface area contributed by atoms with Gasteiger partial charge in [-0.2, -0.15) is 0 Å². The van der Waals surface area contributed by atoms with E-state index >= 15 is 0 Å². The summed E-state index contributed by atoms with van der Waals surface area (Å²) < 4.78 is 22.5. The van der Waals surface area contributed by atoms with Crippen LogP contribution in [0.3, 0.4) is 0 Å². The Balaban J connectivity index is 1.41. The van der Waals surface area contributed by atoms with Crippen LogP contribution in [0.5, 0.6) is 34.5 Å². The van der Waals surface area contributed by atoms with E-state index in [4.69, 9.17) is 18.3 Å². The van der Waals surface area contributed by atoms with Crippen molar-refractivity contribution in [3.63, 3.8) is 0 Å². The lowest BCUT2D eigenvalue weighted by molar-refractivity contribution is -0.314. The lowest BCUT2D eigenvalue weighted by Gasteiger charge is -2.41. The molecular weight excluding hydrogens is 656 g/mol. The maximum absolute atomic E-state index is 14.1. The van der Waals surface area contributed by atoms with Crippen molar-refractivity contribution in [2.75, 3.05) is 6.61 Å². The van der Waals surface area contributed by atoms with Crippen molar-refractivity contribution >= 4 is 32.9 Å². The molecule has 11 N–H and O–H groups in total. The predicted octanol–water partition coefficient (Wildman–Crippen LogP) is 0.638. The third-order valence-corrected chi connectivity index (χ3v) is 8.91. The molecule has 258 valence electrons. The fourth-order valence-electron chi connectivity index (χ4n) is 6.51. The third kappa shape index (κ3) is 4.82. The maximum Gasteiger partial charge on any atom is 0.208 e. The van der Waals surface area contributed by atoms with Crippen molar-refractivity contribution in [1.29, 1.82) is 0 Å². The Bertz CT molecular complexity index is 2290. The number of aliphatic hydroxyl groups excluding tert-OH is 5. The molecule has 0 unspecified atom stereocenters. The summed E-state index contributed by atoms with van der Waals surface area (Å²) in [5.41, 5.74) is -4.92. The van der Waals surface area contributed by atoms with E-state index < -0.39 is 133 Å². The molecule has 2 aromatic heterocycles. The number of benzene rings is 3. The molecule has 1 fully saturated rings. The number of aliphatic hydroxyl groups is 5. The minimum absolute atomic E-state index is 0.0315. The summed E-state index contributed by atoms with van der Waals surface area (Å²) in [6, 6.07) is 3.55. The van der Waals surface area contributed by atoms with Crippen LogP contribution in [0.4, 0.5) is 0 Å². The van der Waals surface area contributed by atoms with Crippen LogP contribution in [0.2, 0.25) is 0 Å². The fourth-order valence-corrected chi connectivity index (χ4v) is 6.51. The zero-order valence-corrected chi connectivity index (χ0v) is 24.8. The van der Waals surface area contributed by atoms with E-state index in [1.807, 2.05) is 0 Å². The molecule has 3 aromatic carbocycles. The average Bonchev–Trinajstić information content (AvgIpc) is 3.04. The van der Waals surface area contributed by atoms with Crippen molar-refractivity contribution < 1.29 is 74.5 Å². The number of phenolic OH excluding ortho intramolecular Hbond substituents is 6. The lowest BCUT2D eigenvalue weighted by atomic mass is 9.89. The second kappa shape index (κ2) is 11.5. The minimum atomic E-state index is -1.83. The van der Waals surface area contributed by atoms with Crippen LogP contribution in [-0.2, 0) is 9.47 Å². The highest BCUT2D eigenvalue weighted by molar-refractivity contribution is 6.05. The van der Waals surface area contributed by atoms with Gasteiger partial charge in [-0.25, -0.2) is 0 Å². The molecule has 1 saturated heterocycles. The Morgan fingerprint density at radius 2 is 1.43 bits per heavy atom. The summed E-state index contributed by atoms with van der Waals surface area (Å²) in [6.07, 6.45) is -11.1. The maximum atomic E-state index is 14.1. The summed E-state index contributed by atoms with van der Waals surface area (Å²) in [4.78, 5) is 27.5. The van der Waals surface area contributed by atoms with Gasteiger partial charge in [-0.05, 0) is 18.9 Å². The Morgan fingerprint density at radius 1 is 0.714 bits per heavy atom. The van der Waals surface area contributed by atoms with Gasteiger partial charge in [0.25, 0.3) is 0 Å². The van der Waals surface area contributed by atoms with Crippen LogP contribution in [0.1, 0.15) is 36.4 Å². The van der Waals surface area contributed by atoms with Crippen LogP contribution in [-0.4, -0.2) is 93.5 Å². The van der Waals surface area contributed by atoms with Crippen molar-refractivity contribution in [2.45, 2.75) is 55.8 Å². The van der Waals surface area contributed by atoms with Crippen LogP contribution in [0.25, 0.3) is 44.0 Å². The number of hydrogen-bond acceptors (Lipinski definition) is 17. The van der Waals surface area contributed by atoms with E-state index in [0.717, 1.165) is 24.3 Å². The molecule has 49 heavy (non-hydrogen) atoms. The van der Waals surface area contributed by atoms with E-state index in [1.165, 1.54) is 0 Å². The molecular formula is C32H28O17. The molecule has 0 spiro atoms. The van der Waals surface area contributed by atoms with Crippen LogP contribution in [0.15, 0.2) is 42.7 Å². The van der Waals surface area contributed by atoms with E-state index in [9.17, 15) is 65.8 Å². The summed E-state index contributed by atoms with van der Waals surface area (Å²) in [5.74, 6) is -5.01. The highest BCUT2D eigenvalue weighted by Gasteiger charge is 2.46. The highest BCUT2D eigenvalue weighted by Crippen LogP contribution is 2.50. The number of fused-ring (bicyclic) bond motifs is 4. The predicted molar refractivity (Wildman–Crippen MR) is 163 cm³/mol. The molecule has 0 saturated carbocycles. The SMILES string of the molecule is O=c1c2c(oc3cc(O)c(-c4cc(O)c5oc6cc(O)cc(O)c6c(=O)c5c4O)c(O)c13)[C@@H](O)CC[C@@H]2O[C@@H]1O[C@H](CO)[C@@H](O)[C@H](O)[C@H]1O. The number of rotatable bonds is 4. The van der Waals surface area contributed by atoms with Crippen molar-refractivity contribution in [1.82, 2.24) is 0 Å². The Hall–Kier alpha value is -5.14. The summed E-state index contributed by atoms with van der Waals surface area (Å²) in [5, 5.41) is 114. The lowest BCUT2D eigenvalue weighted by Crippen LogP contribution is -2.59. The van der Waals surface area contributed by atoms with Gasteiger partial charge in [0.1, 0.15) is 92.4 Å². The van der Waals surface area contributed by atoms with Gasteiger partial charge in [0.05, 0.1) is 23.8 Å². The van der Waals surface area contributed by atoms with Gasteiger partial charge in [-0.1, -0.05) is 0 Å². The Morgan fingerprint density at radius 3 is 2.14 bits per heavy atom. The molecule has 7 atom stereocenters. The summed E-state index contributed by atoms with van der Waals surface area (Å²) in [7, 11) is 0. The largest absolute Gasteiger partial charge is 0.508 e. The zero-order valence-electron chi connectivity index (χ0n) is 24.8. The first-order chi connectivity index (χ1) is 23.2. The number of phenols is 6. The molecule has 2 aliphatic rings. The van der Waals surface area contributed by atoms with Crippen LogP contribution in [0, 0.1) is 0 Å². The fraction of sp³-hybridized carbons (Fsp3) is 0.312. The van der Waals surface area contributed by atoms with Crippen LogP contribution >= 0.6 is 0 Å². The quantitative estimate of drug-likeness (QED) is 0.0914. The molecule has 3 heterocycles. The first-order valence-electron chi connectivity index (χ1n) is 14.8. The molecule has 1 aliphatic carbocycles. The summed E-state index contributed by atoms with van der Waals surface area (Å²) >= 11 is 0. The summed E-state index contributed by atoms with van der Waals surface area (Å²) in [6.45, 7) is -0.752. The van der Waals surface area contributed by atoms with Gasteiger partial charge in [0.2, 0.25) is 10.9 Å². The molecule has 5 aromatic rings. The first-order valence-corrected chi connectivity index (χ1v) is 14.8. The average molecular weight is 685 g/mol. The number of aromatic hydroxyl groups is 6. The topological polar surface area (TPSA) is 301 Å². The molecule has 1 aliphatic heterocycles. The van der Waals surface area contributed by atoms with Gasteiger partial charge < -0.3 is 74.5 Å². The van der Waals surface area contributed by atoms with Crippen molar-refractivity contribution in [3.8, 4) is 45.6 Å². The zero-order chi connectivity index (χ0) is 35.2. The Labute approximate surface area is 271 Å². The van der Waals surface area contributed by atoms with Gasteiger partial charge in [0, 0.05) is 23.8 Å².